The molecule has 19 heavy (non-hydrogen) atoms. The lowest BCUT2D eigenvalue weighted by Gasteiger charge is -2.05. The van der Waals surface area contributed by atoms with Crippen molar-refractivity contribution in [3.8, 4) is 6.01 Å². The van der Waals surface area contributed by atoms with Gasteiger partial charge in [-0.2, -0.15) is 15.0 Å². The average Bonchev–Trinajstić information content (AvgIpc) is 2.38. The maximum Gasteiger partial charge on any atom is 0.322 e. The van der Waals surface area contributed by atoms with Crippen LogP contribution in [-0.2, 0) is 0 Å². The van der Waals surface area contributed by atoms with Gasteiger partial charge >= 0.3 is 6.01 Å². The van der Waals surface area contributed by atoms with Crippen LogP contribution in [0.3, 0.4) is 0 Å². The Hall–Kier alpha value is -1.60. The Bertz CT molecular complexity index is 551. The van der Waals surface area contributed by atoms with Crippen molar-refractivity contribution in [3.05, 3.63) is 23.4 Å². The third-order valence-electron chi connectivity index (χ3n) is 1.94. The van der Waals surface area contributed by atoms with Crippen LogP contribution >= 0.6 is 23.4 Å². The van der Waals surface area contributed by atoms with Gasteiger partial charge in [0.05, 0.1) is 11.6 Å². The quantitative estimate of drug-likeness (QED) is 0.907. The Balaban J connectivity index is 2.15. The number of hydrogen-bond donors (Lipinski definition) is 1. The number of halogens is 1. The molecule has 0 saturated heterocycles. The van der Waals surface area contributed by atoms with Gasteiger partial charge in [-0.15, -0.1) is 0 Å². The summed E-state index contributed by atoms with van der Waals surface area (Å²) in [5, 5.41) is 1.73. The van der Waals surface area contributed by atoms with Crippen LogP contribution in [0.25, 0.3) is 0 Å². The maximum atomic E-state index is 5.77. The Morgan fingerprint density at radius 3 is 2.84 bits per heavy atom. The van der Waals surface area contributed by atoms with Crippen molar-refractivity contribution in [2.45, 2.75) is 23.5 Å². The van der Waals surface area contributed by atoms with Gasteiger partial charge in [0.25, 0.3) is 0 Å². The smallest absolute Gasteiger partial charge is 0.322 e. The fourth-order valence-corrected chi connectivity index (χ4v) is 1.98. The van der Waals surface area contributed by atoms with Gasteiger partial charge in [-0.25, -0.2) is 4.98 Å². The number of anilines is 1. The van der Waals surface area contributed by atoms with E-state index in [1.165, 1.54) is 11.8 Å². The van der Waals surface area contributed by atoms with Crippen LogP contribution in [0.15, 0.2) is 28.5 Å². The molecule has 2 N–H and O–H groups in total. The van der Waals surface area contributed by atoms with Crippen molar-refractivity contribution in [1.82, 2.24) is 19.9 Å². The first kappa shape index (κ1) is 13.8. The second-order valence-corrected chi connectivity index (χ2v) is 4.95. The van der Waals surface area contributed by atoms with Crippen LogP contribution in [0.5, 0.6) is 6.01 Å². The second-order valence-electron chi connectivity index (χ2n) is 3.52. The Morgan fingerprint density at radius 1 is 1.32 bits per heavy atom. The van der Waals surface area contributed by atoms with Gasteiger partial charge in [0.1, 0.15) is 5.03 Å². The Kier molecular flexibility index (Phi) is 4.75. The number of aromatic nitrogens is 4. The molecule has 2 heterocycles. The molecule has 0 aliphatic rings. The highest BCUT2D eigenvalue weighted by molar-refractivity contribution is 7.99. The summed E-state index contributed by atoms with van der Waals surface area (Å²) in [6.45, 7) is 2.53. The molecule has 0 aliphatic carbocycles. The zero-order chi connectivity index (χ0) is 13.7. The normalized spacial score (nSPS) is 10.4. The van der Waals surface area contributed by atoms with E-state index in [2.05, 4.69) is 19.9 Å². The third-order valence-corrected chi connectivity index (χ3v) is 2.98. The minimum Gasteiger partial charge on any atom is -0.463 e. The van der Waals surface area contributed by atoms with Gasteiger partial charge in [0.2, 0.25) is 11.1 Å². The molecule has 0 amide bonds. The van der Waals surface area contributed by atoms with Gasteiger partial charge < -0.3 is 10.5 Å². The molecule has 6 nitrogen and oxygen atoms in total. The number of ether oxygens (including phenoxy) is 1. The zero-order valence-electron chi connectivity index (χ0n) is 10.2. The van der Waals surface area contributed by atoms with E-state index in [0.29, 0.717) is 16.8 Å². The van der Waals surface area contributed by atoms with Crippen molar-refractivity contribution in [2.75, 3.05) is 12.3 Å². The molecule has 0 radical (unpaired) electrons. The average molecular weight is 298 g/mol. The van der Waals surface area contributed by atoms with Crippen molar-refractivity contribution < 1.29 is 4.74 Å². The zero-order valence-corrected chi connectivity index (χ0v) is 11.8. The largest absolute Gasteiger partial charge is 0.463 e. The van der Waals surface area contributed by atoms with Gasteiger partial charge in [0.15, 0.2) is 0 Å². The summed E-state index contributed by atoms with van der Waals surface area (Å²) >= 11 is 7.04. The number of rotatable bonds is 5. The van der Waals surface area contributed by atoms with Gasteiger partial charge in [-0.05, 0) is 30.3 Å². The van der Waals surface area contributed by atoms with Gasteiger partial charge in [-0.3, -0.25) is 0 Å². The lowest BCUT2D eigenvalue weighted by atomic mass is 10.5. The summed E-state index contributed by atoms with van der Waals surface area (Å²) in [6, 6.07) is 3.75. The van der Waals surface area contributed by atoms with E-state index in [9.17, 15) is 0 Å². The van der Waals surface area contributed by atoms with Crippen molar-refractivity contribution in [3.63, 3.8) is 0 Å². The SMILES string of the molecule is CCCOc1nc(N)nc(Sc2ccc(Cl)cn2)n1. The monoisotopic (exact) mass is 297 g/mol. The van der Waals surface area contributed by atoms with Crippen LogP contribution in [0.1, 0.15) is 13.3 Å². The molecule has 0 spiro atoms. The highest BCUT2D eigenvalue weighted by Crippen LogP contribution is 2.24. The minimum absolute atomic E-state index is 0.123. The molecule has 0 saturated carbocycles. The van der Waals surface area contributed by atoms with Crippen molar-refractivity contribution in [2.24, 2.45) is 0 Å². The first-order valence-electron chi connectivity index (χ1n) is 5.61. The number of pyridine rings is 1. The Labute approximate surface area is 119 Å². The summed E-state index contributed by atoms with van der Waals surface area (Å²) in [5.41, 5.74) is 5.61. The molecule has 0 aromatic carbocycles. The van der Waals surface area contributed by atoms with Gasteiger partial charge in [0, 0.05) is 6.20 Å². The van der Waals surface area contributed by atoms with E-state index in [1.807, 2.05) is 6.92 Å². The van der Waals surface area contributed by atoms with Crippen LogP contribution in [0.4, 0.5) is 5.95 Å². The summed E-state index contributed by atoms with van der Waals surface area (Å²) in [7, 11) is 0. The van der Waals surface area contributed by atoms with Crippen LogP contribution in [-0.4, -0.2) is 26.5 Å². The fourth-order valence-electron chi connectivity index (χ4n) is 1.17. The van der Waals surface area contributed by atoms with E-state index in [0.717, 1.165) is 11.4 Å². The lowest BCUT2D eigenvalue weighted by molar-refractivity contribution is 0.288. The number of hydrogen-bond acceptors (Lipinski definition) is 7. The van der Waals surface area contributed by atoms with Crippen LogP contribution in [0.2, 0.25) is 5.02 Å². The summed E-state index contributed by atoms with van der Waals surface area (Å²) in [4.78, 5) is 16.2. The first-order valence-corrected chi connectivity index (χ1v) is 6.80. The Morgan fingerprint density at radius 2 is 2.16 bits per heavy atom. The topological polar surface area (TPSA) is 86.8 Å². The molecule has 0 atom stereocenters. The number of nitrogen functional groups attached to an aromatic ring is 1. The molecular formula is C11H12ClN5OS. The highest BCUT2D eigenvalue weighted by atomic mass is 35.5. The molecule has 100 valence electrons. The molecule has 2 aromatic heterocycles. The molecule has 0 aliphatic heterocycles. The molecule has 2 aromatic rings. The first-order chi connectivity index (χ1) is 9.17. The van der Waals surface area contributed by atoms with Crippen molar-refractivity contribution in [1.29, 1.82) is 0 Å². The van der Waals surface area contributed by atoms with E-state index in [4.69, 9.17) is 22.1 Å². The second kappa shape index (κ2) is 6.53. The molecular weight excluding hydrogens is 286 g/mol. The molecule has 2 rings (SSSR count). The number of nitrogens with two attached hydrogens (primary N) is 1. The molecule has 0 bridgehead atoms. The minimum atomic E-state index is 0.123. The number of nitrogens with zero attached hydrogens (tertiary/aromatic N) is 4. The maximum absolute atomic E-state index is 5.77. The third kappa shape index (κ3) is 4.22. The summed E-state index contributed by atoms with van der Waals surface area (Å²) < 4.78 is 5.34. The van der Waals surface area contributed by atoms with E-state index in [-0.39, 0.29) is 12.0 Å². The highest BCUT2D eigenvalue weighted by Gasteiger charge is 2.08. The lowest BCUT2D eigenvalue weighted by Crippen LogP contribution is -2.05. The summed E-state index contributed by atoms with van der Waals surface area (Å²) in [5.74, 6) is 0.123. The molecule has 8 heteroatoms. The van der Waals surface area contributed by atoms with E-state index in [1.54, 1.807) is 18.3 Å². The fraction of sp³-hybridized carbons (Fsp3) is 0.273. The molecule has 0 unspecified atom stereocenters. The van der Waals surface area contributed by atoms with E-state index < -0.39 is 0 Å². The van der Waals surface area contributed by atoms with Crippen molar-refractivity contribution >= 4 is 29.3 Å². The van der Waals surface area contributed by atoms with E-state index >= 15 is 0 Å². The summed E-state index contributed by atoms with van der Waals surface area (Å²) in [6.07, 6.45) is 2.43. The van der Waals surface area contributed by atoms with Gasteiger partial charge in [-0.1, -0.05) is 18.5 Å². The predicted octanol–water partition coefficient (Wildman–Crippen LogP) is 2.44. The predicted molar refractivity (Wildman–Crippen MR) is 73.4 cm³/mol. The molecule has 0 fully saturated rings. The van der Waals surface area contributed by atoms with Crippen LogP contribution in [0, 0.1) is 0 Å². The standard InChI is InChI=1S/C11H12ClN5OS/c1-2-5-18-10-15-9(13)16-11(17-10)19-8-4-3-7(12)6-14-8/h3-4,6H,2,5H2,1H3,(H2,13,15,16,17). The van der Waals surface area contributed by atoms with Crippen LogP contribution < -0.4 is 10.5 Å².